The quantitative estimate of drug-likeness (QED) is 0.687. The molecule has 0 fully saturated rings. The molecule has 0 bridgehead atoms. The predicted octanol–water partition coefficient (Wildman–Crippen LogP) is 4.21. The molecule has 0 unspecified atom stereocenters. The van der Waals surface area contributed by atoms with Crippen LogP contribution in [0.3, 0.4) is 0 Å². The fourth-order valence-corrected chi connectivity index (χ4v) is 2.87. The lowest BCUT2D eigenvalue weighted by Gasteiger charge is -2.19. The number of rotatable bonds is 4. The van der Waals surface area contributed by atoms with E-state index < -0.39 is 0 Å². The number of amides is 1. The largest absolute Gasteiger partial charge is 0.486 e. The van der Waals surface area contributed by atoms with Gasteiger partial charge in [0.05, 0.1) is 0 Å². The average Bonchev–Trinajstić information content (AvgIpc) is 2.71. The summed E-state index contributed by atoms with van der Waals surface area (Å²) in [5, 5.41) is 6.57. The van der Waals surface area contributed by atoms with Crippen LogP contribution in [-0.2, 0) is 0 Å². The summed E-state index contributed by atoms with van der Waals surface area (Å²) in [5.41, 5.74) is 2.57. The molecule has 1 aliphatic rings. The molecule has 1 aromatic heterocycles. The number of halogens is 1. The van der Waals surface area contributed by atoms with Crippen molar-refractivity contribution in [1.29, 1.82) is 0 Å². The van der Waals surface area contributed by atoms with Crippen molar-refractivity contribution in [1.82, 2.24) is 9.97 Å². The third-order valence-corrected chi connectivity index (χ3v) is 4.55. The van der Waals surface area contributed by atoms with Crippen molar-refractivity contribution in [2.75, 3.05) is 23.8 Å². The Morgan fingerprint density at radius 1 is 1.00 bits per heavy atom. The lowest BCUT2D eigenvalue weighted by atomic mass is 10.2. The van der Waals surface area contributed by atoms with Crippen molar-refractivity contribution in [3.8, 4) is 11.5 Å². The molecular formula is C20H17ClN4O3. The van der Waals surface area contributed by atoms with Crippen molar-refractivity contribution in [3.05, 3.63) is 65.1 Å². The number of carbonyl (C=O) groups excluding carboxylic acids is 1. The highest BCUT2D eigenvalue weighted by molar-refractivity contribution is 6.31. The molecule has 0 saturated carbocycles. The zero-order valence-electron chi connectivity index (χ0n) is 15.0. The van der Waals surface area contributed by atoms with Gasteiger partial charge in [-0.05, 0) is 36.8 Å². The average molecular weight is 397 g/mol. The van der Waals surface area contributed by atoms with E-state index in [4.69, 9.17) is 21.1 Å². The van der Waals surface area contributed by atoms with Gasteiger partial charge < -0.3 is 20.1 Å². The van der Waals surface area contributed by atoms with Gasteiger partial charge in [0.2, 0.25) is 0 Å². The van der Waals surface area contributed by atoms with Gasteiger partial charge in [0.25, 0.3) is 5.91 Å². The fourth-order valence-electron chi connectivity index (χ4n) is 2.68. The van der Waals surface area contributed by atoms with Crippen molar-refractivity contribution >= 4 is 34.7 Å². The molecule has 0 aliphatic carbocycles. The summed E-state index contributed by atoms with van der Waals surface area (Å²) in [4.78, 5) is 20.8. The van der Waals surface area contributed by atoms with E-state index in [0.717, 1.165) is 11.3 Å². The molecule has 0 saturated heterocycles. The van der Waals surface area contributed by atoms with E-state index in [2.05, 4.69) is 20.6 Å². The highest BCUT2D eigenvalue weighted by atomic mass is 35.5. The van der Waals surface area contributed by atoms with E-state index in [-0.39, 0.29) is 11.6 Å². The molecule has 2 N–H and O–H groups in total. The summed E-state index contributed by atoms with van der Waals surface area (Å²) < 4.78 is 11.0. The highest BCUT2D eigenvalue weighted by Gasteiger charge is 2.14. The summed E-state index contributed by atoms with van der Waals surface area (Å²) in [6, 6.07) is 12.4. The number of hydrogen-bond acceptors (Lipinski definition) is 6. The third-order valence-electron chi connectivity index (χ3n) is 4.14. The monoisotopic (exact) mass is 396 g/mol. The standard InChI is InChI=1S/C20H17ClN4O3/c1-12-2-3-13(8-15(12)21)24-19-10-16(22-11-23-19)20(26)25-14-4-5-17-18(9-14)28-7-6-27-17/h2-5,8-11H,6-7H2,1H3,(H,25,26)(H,22,23,24). The van der Waals surface area contributed by atoms with Gasteiger partial charge >= 0.3 is 0 Å². The summed E-state index contributed by atoms with van der Waals surface area (Å²) in [6.07, 6.45) is 1.33. The van der Waals surface area contributed by atoms with Crippen molar-refractivity contribution in [2.24, 2.45) is 0 Å². The Kier molecular flexibility index (Phi) is 4.99. The van der Waals surface area contributed by atoms with Crippen LogP contribution in [0.1, 0.15) is 16.1 Å². The first-order valence-corrected chi connectivity index (χ1v) is 9.02. The van der Waals surface area contributed by atoms with Crippen molar-refractivity contribution < 1.29 is 14.3 Å². The third kappa shape index (κ3) is 3.99. The molecule has 28 heavy (non-hydrogen) atoms. The molecule has 1 aliphatic heterocycles. The number of carbonyl (C=O) groups is 1. The minimum Gasteiger partial charge on any atom is -0.486 e. The van der Waals surface area contributed by atoms with Crippen LogP contribution in [0.15, 0.2) is 48.8 Å². The van der Waals surface area contributed by atoms with E-state index in [9.17, 15) is 4.79 Å². The van der Waals surface area contributed by atoms with E-state index in [0.29, 0.717) is 41.2 Å². The van der Waals surface area contributed by atoms with E-state index in [1.54, 1.807) is 30.3 Å². The SMILES string of the molecule is Cc1ccc(Nc2cc(C(=O)Nc3ccc4c(c3)OCCO4)ncn2)cc1Cl. The van der Waals surface area contributed by atoms with E-state index >= 15 is 0 Å². The van der Waals surface area contributed by atoms with Crippen LogP contribution in [0.25, 0.3) is 0 Å². The summed E-state index contributed by atoms with van der Waals surface area (Å²) in [5.74, 6) is 1.39. The second-order valence-corrected chi connectivity index (χ2v) is 6.60. The van der Waals surface area contributed by atoms with Crippen LogP contribution in [0, 0.1) is 6.92 Å². The fraction of sp³-hybridized carbons (Fsp3) is 0.150. The molecule has 142 valence electrons. The van der Waals surface area contributed by atoms with Gasteiger partial charge in [-0.15, -0.1) is 0 Å². The molecule has 0 spiro atoms. The number of fused-ring (bicyclic) bond motifs is 1. The van der Waals surface area contributed by atoms with Gasteiger partial charge in [-0.3, -0.25) is 4.79 Å². The zero-order valence-corrected chi connectivity index (χ0v) is 15.8. The van der Waals surface area contributed by atoms with Gasteiger partial charge in [-0.1, -0.05) is 17.7 Å². The second-order valence-electron chi connectivity index (χ2n) is 6.19. The molecule has 7 nitrogen and oxygen atoms in total. The Balaban J connectivity index is 1.49. The lowest BCUT2D eigenvalue weighted by Crippen LogP contribution is -2.17. The Morgan fingerprint density at radius 3 is 2.61 bits per heavy atom. The Labute approximate surface area is 166 Å². The van der Waals surface area contributed by atoms with Crippen LogP contribution in [0.4, 0.5) is 17.2 Å². The van der Waals surface area contributed by atoms with Gasteiger partial charge in [-0.2, -0.15) is 0 Å². The van der Waals surface area contributed by atoms with Crippen LogP contribution < -0.4 is 20.1 Å². The molecule has 1 amide bonds. The number of ether oxygens (including phenoxy) is 2. The minimum atomic E-state index is -0.357. The maximum Gasteiger partial charge on any atom is 0.274 e. The molecular weight excluding hydrogens is 380 g/mol. The van der Waals surface area contributed by atoms with Crippen LogP contribution >= 0.6 is 11.6 Å². The number of anilines is 3. The number of aryl methyl sites for hydroxylation is 1. The lowest BCUT2D eigenvalue weighted by molar-refractivity contribution is 0.102. The number of nitrogens with zero attached hydrogens (tertiary/aromatic N) is 2. The molecule has 8 heteroatoms. The molecule has 0 atom stereocenters. The number of aromatic nitrogens is 2. The normalized spacial score (nSPS) is 12.4. The van der Waals surface area contributed by atoms with E-state index in [1.165, 1.54) is 6.33 Å². The first kappa shape index (κ1) is 18.1. The van der Waals surface area contributed by atoms with Gasteiger partial charge in [0.15, 0.2) is 11.5 Å². The maximum absolute atomic E-state index is 12.6. The Morgan fingerprint density at radius 2 is 1.79 bits per heavy atom. The van der Waals surface area contributed by atoms with Crippen molar-refractivity contribution in [2.45, 2.75) is 6.92 Å². The summed E-state index contributed by atoms with van der Waals surface area (Å²) >= 11 is 6.15. The minimum absolute atomic E-state index is 0.227. The summed E-state index contributed by atoms with van der Waals surface area (Å²) in [6.45, 7) is 2.92. The van der Waals surface area contributed by atoms with Crippen molar-refractivity contribution in [3.63, 3.8) is 0 Å². The molecule has 0 radical (unpaired) electrons. The first-order valence-electron chi connectivity index (χ1n) is 8.65. The Hall–Kier alpha value is -3.32. The van der Waals surface area contributed by atoms with Crippen LogP contribution in [-0.4, -0.2) is 29.1 Å². The molecule has 2 aromatic carbocycles. The zero-order chi connectivity index (χ0) is 19.5. The predicted molar refractivity (Wildman–Crippen MR) is 107 cm³/mol. The number of nitrogens with one attached hydrogen (secondary N) is 2. The first-order chi connectivity index (χ1) is 13.6. The summed E-state index contributed by atoms with van der Waals surface area (Å²) in [7, 11) is 0. The molecule has 2 heterocycles. The van der Waals surface area contributed by atoms with Gasteiger partial charge in [0.1, 0.15) is 31.1 Å². The van der Waals surface area contributed by atoms with Gasteiger partial charge in [-0.25, -0.2) is 9.97 Å². The van der Waals surface area contributed by atoms with E-state index in [1.807, 2.05) is 19.1 Å². The van der Waals surface area contributed by atoms with Gasteiger partial charge in [0, 0.05) is 28.5 Å². The molecule has 3 aromatic rings. The molecule has 4 rings (SSSR count). The maximum atomic E-state index is 12.6. The number of benzene rings is 2. The smallest absolute Gasteiger partial charge is 0.274 e. The van der Waals surface area contributed by atoms with Crippen LogP contribution in [0.2, 0.25) is 5.02 Å². The Bertz CT molecular complexity index is 1040. The topological polar surface area (TPSA) is 85.4 Å². The second kappa shape index (κ2) is 7.74. The number of hydrogen-bond donors (Lipinski definition) is 2. The highest BCUT2D eigenvalue weighted by Crippen LogP contribution is 2.32. The van der Waals surface area contributed by atoms with Crippen LogP contribution in [0.5, 0.6) is 11.5 Å².